The van der Waals surface area contributed by atoms with Gasteiger partial charge >= 0.3 is 7.69 Å². The SMILES string of the molecule is CCCOBOCCC. The Balaban J connectivity index is 2.60. The van der Waals surface area contributed by atoms with Crippen molar-refractivity contribution in [1.82, 2.24) is 0 Å². The number of rotatable bonds is 6. The molecule has 0 heterocycles. The first-order valence-electron chi connectivity index (χ1n) is 3.57. The summed E-state index contributed by atoms with van der Waals surface area (Å²) < 4.78 is 10.1. The lowest BCUT2D eigenvalue weighted by Gasteiger charge is -1.99. The molecule has 0 N–H and O–H groups in total. The molecule has 0 saturated heterocycles. The second-order valence-electron chi connectivity index (χ2n) is 1.93. The van der Waals surface area contributed by atoms with E-state index in [0.29, 0.717) is 7.69 Å². The summed E-state index contributed by atoms with van der Waals surface area (Å²) in [5, 5.41) is 0. The second-order valence-corrected chi connectivity index (χ2v) is 1.93. The van der Waals surface area contributed by atoms with Crippen LogP contribution in [0.5, 0.6) is 0 Å². The third-order valence-corrected chi connectivity index (χ3v) is 0.864. The molecule has 54 valence electrons. The Labute approximate surface area is 57.8 Å². The van der Waals surface area contributed by atoms with Gasteiger partial charge in [-0.1, -0.05) is 13.8 Å². The van der Waals surface area contributed by atoms with E-state index in [0.717, 1.165) is 26.1 Å². The van der Waals surface area contributed by atoms with Crippen molar-refractivity contribution in [2.45, 2.75) is 26.7 Å². The highest BCUT2D eigenvalue weighted by molar-refractivity contribution is 6.17. The largest absolute Gasteiger partial charge is 0.438 e. The van der Waals surface area contributed by atoms with E-state index in [1.165, 1.54) is 0 Å². The van der Waals surface area contributed by atoms with Crippen LogP contribution in [-0.2, 0) is 9.31 Å². The normalized spacial score (nSPS) is 9.56. The first-order valence-corrected chi connectivity index (χ1v) is 3.57. The molecule has 0 saturated carbocycles. The van der Waals surface area contributed by atoms with Crippen LogP contribution in [0.1, 0.15) is 26.7 Å². The minimum Gasteiger partial charge on any atom is -0.414 e. The first kappa shape index (κ1) is 8.98. The molecule has 9 heavy (non-hydrogen) atoms. The molecule has 0 aromatic rings. The summed E-state index contributed by atoms with van der Waals surface area (Å²) in [5.74, 6) is 0. The molecule has 0 spiro atoms. The van der Waals surface area contributed by atoms with E-state index >= 15 is 0 Å². The molecule has 0 aliphatic carbocycles. The predicted octanol–water partition coefficient (Wildman–Crippen LogP) is 1.11. The Bertz CT molecular complexity index is 44.3. The van der Waals surface area contributed by atoms with Crippen molar-refractivity contribution in [3.05, 3.63) is 0 Å². The lowest BCUT2D eigenvalue weighted by atomic mass is 10.3. The van der Waals surface area contributed by atoms with Crippen molar-refractivity contribution < 1.29 is 9.31 Å². The Morgan fingerprint density at radius 3 is 1.78 bits per heavy atom. The van der Waals surface area contributed by atoms with E-state index in [4.69, 9.17) is 9.31 Å². The van der Waals surface area contributed by atoms with Gasteiger partial charge in [0.25, 0.3) is 0 Å². The zero-order chi connectivity index (χ0) is 6.95. The van der Waals surface area contributed by atoms with E-state index in [9.17, 15) is 0 Å². The first-order chi connectivity index (χ1) is 4.41. The van der Waals surface area contributed by atoms with Crippen LogP contribution in [0.15, 0.2) is 0 Å². The Morgan fingerprint density at radius 1 is 1.00 bits per heavy atom. The van der Waals surface area contributed by atoms with Crippen molar-refractivity contribution in [2.24, 2.45) is 0 Å². The van der Waals surface area contributed by atoms with Gasteiger partial charge in [-0.2, -0.15) is 0 Å². The van der Waals surface area contributed by atoms with Gasteiger partial charge in [-0.05, 0) is 12.8 Å². The van der Waals surface area contributed by atoms with Crippen molar-refractivity contribution in [1.29, 1.82) is 0 Å². The molecule has 0 radical (unpaired) electrons. The third-order valence-electron chi connectivity index (χ3n) is 0.864. The Kier molecular flexibility index (Phi) is 7.97. The summed E-state index contributed by atoms with van der Waals surface area (Å²) in [5.41, 5.74) is 0. The summed E-state index contributed by atoms with van der Waals surface area (Å²) in [4.78, 5) is 0. The quantitative estimate of drug-likeness (QED) is 0.396. The number of hydrogen-bond donors (Lipinski definition) is 0. The van der Waals surface area contributed by atoms with Crippen molar-refractivity contribution in [3.63, 3.8) is 0 Å². The lowest BCUT2D eigenvalue weighted by molar-refractivity contribution is 0.222. The maximum absolute atomic E-state index is 5.06. The lowest BCUT2D eigenvalue weighted by Crippen LogP contribution is -2.05. The molecule has 0 aliphatic rings. The minimum absolute atomic E-state index is 0.460. The Hall–Kier alpha value is -0.0151. The average Bonchev–Trinajstić information content (AvgIpc) is 1.89. The van der Waals surface area contributed by atoms with Crippen molar-refractivity contribution in [3.8, 4) is 0 Å². The summed E-state index contributed by atoms with van der Waals surface area (Å²) in [7, 11) is 0.460. The van der Waals surface area contributed by atoms with Crippen LogP contribution in [0.3, 0.4) is 0 Å². The zero-order valence-corrected chi connectivity index (χ0v) is 6.35. The van der Waals surface area contributed by atoms with Crippen molar-refractivity contribution in [2.75, 3.05) is 13.2 Å². The fraction of sp³-hybridized carbons (Fsp3) is 1.00. The molecule has 0 bridgehead atoms. The second kappa shape index (κ2) is 7.98. The molecular formula is C6H15BO2. The minimum atomic E-state index is 0.460. The summed E-state index contributed by atoms with van der Waals surface area (Å²) in [6.07, 6.45) is 2.13. The van der Waals surface area contributed by atoms with Crippen LogP contribution in [0.4, 0.5) is 0 Å². The highest BCUT2D eigenvalue weighted by atomic mass is 16.6. The number of hydrogen-bond acceptors (Lipinski definition) is 2. The van der Waals surface area contributed by atoms with Gasteiger partial charge in [-0.3, -0.25) is 0 Å². The van der Waals surface area contributed by atoms with Crippen LogP contribution in [-0.4, -0.2) is 20.9 Å². The molecular weight excluding hydrogens is 115 g/mol. The van der Waals surface area contributed by atoms with E-state index < -0.39 is 0 Å². The topological polar surface area (TPSA) is 18.5 Å². The monoisotopic (exact) mass is 130 g/mol. The van der Waals surface area contributed by atoms with Gasteiger partial charge in [0.1, 0.15) is 0 Å². The predicted molar refractivity (Wildman–Crippen MR) is 39.6 cm³/mol. The smallest absolute Gasteiger partial charge is 0.414 e. The molecule has 0 fully saturated rings. The molecule has 0 aromatic heterocycles. The van der Waals surface area contributed by atoms with Gasteiger partial charge in [0, 0.05) is 13.2 Å². The average molecular weight is 130 g/mol. The molecule has 0 unspecified atom stereocenters. The fourth-order valence-electron chi connectivity index (χ4n) is 0.465. The van der Waals surface area contributed by atoms with E-state index in [2.05, 4.69) is 13.8 Å². The zero-order valence-electron chi connectivity index (χ0n) is 6.35. The van der Waals surface area contributed by atoms with Crippen LogP contribution in [0.25, 0.3) is 0 Å². The third kappa shape index (κ3) is 7.98. The van der Waals surface area contributed by atoms with Crippen LogP contribution in [0.2, 0.25) is 0 Å². The van der Waals surface area contributed by atoms with Crippen LogP contribution >= 0.6 is 0 Å². The van der Waals surface area contributed by atoms with Gasteiger partial charge in [-0.15, -0.1) is 0 Å². The summed E-state index contributed by atoms with van der Waals surface area (Å²) in [6.45, 7) is 5.78. The Morgan fingerprint density at radius 2 is 1.44 bits per heavy atom. The van der Waals surface area contributed by atoms with Gasteiger partial charge < -0.3 is 9.31 Å². The van der Waals surface area contributed by atoms with E-state index in [1.54, 1.807) is 0 Å². The molecule has 0 aromatic carbocycles. The molecule has 0 atom stereocenters. The summed E-state index contributed by atoms with van der Waals surface area (Å²) in [6, 6.07) is 0. The molecule has 2 nitrogen and oxygen atoms in total. The highest BCUT2D eigenvalue weighted by Crippen LogP contribution is 1.81. The maximum Gasteiger partial charge on any atom is 0.438 e. The fourth-order valence-corrected chi connectivity index (χ4v) is 0.465. The van der Waals surface area contributed by atoms with Crippen LogP contribution < -0.4 is 0 Å². The van der Waals surface area contributed by atoms with Gasteiger partial charge in [0.05, 0.1) is 0 Å². The van der Waals surface area contributed by atoms with Crippen LogP contribution in [0, 0.1) is 0 Å². The highest BCUT2D eigenvalue weighted by Gasteiger charge is 1.88. The van der Waals surface area contributed by atoms with E-state index in [-0.39, 0.29) is 0 Å². The molecule has 0 rings (SSSR count). The maximum atomic E-state index is 5.06. The van der Waals surface area contributed by atoms with Gasteiger partial charge in [0.2, 0.25) is 0 Å². The molecule has 0 amide bonds. The van der Waals surface area contributed by atoms with Crippen molar-refractivity contribution >= 4 is 7.69 Å². The molecule has 3 heteroatoms. The standard InChI is InChI=1S/C6H15BO2/c1-3-5-8-7-9-6-4-2/h7H,3-6H2,1-2H3. The van der Waals surface area contributed by atoms with Gasteiger partial charge in [-0.25, -0.2) is 0 Å². The summed E-state index contributed by atoms with van der Waals surface area (Å²) >= 11 is 0. The molecule has 0 aliphatic heterocycles. The van der Waals surface area contributed by atoms with E-state index in [1.807, 2.05) is 0 Å². The van der Waals surface area contributed by atoms with Gasteiger partial charge in [0.15, 0.2) is 0 Å².